The summed E-state index contributed by atoms with van der Waals surface area (Å²) in [5.41, 5.74) is 1.40. The SMILES string of the molecule is CC(C)c1cc(-c2c(Cl)cccc2Cl)no1. The van der Waals surface area contributed by atoms with E-state index in [4.69, 9.17) is 27.7 Å². The van der Waals surface area contributed by atoms with Crippen molar-refractivity contribution < 1.29 is 4.52 Å². The summed E-state index contributed by atoms with van der Waals surface area (Å²) in [6.07, 6.45) is 0. The summed E-state index contributed by atoms with van der Waals surface area (Å²) in [7, 11) is 0. The lowest BCUT2D eigenvalue weighted by Gasteiger charge is -2.01. The molecule has 0 radical (unpaired) electrons. The second kappa shape index (κ2) is 4.48. The van der Waals surface area contributed by atoms with Gasteiger partial charge in [0.15, 0.2) is 0 Å². The molecule has 2 nitrogen and oxygen atoms in total. The highest BCUT2D eigenvalue weighted by molar-refractivity contribution is 6.39. The molecule has 16 heavy (non-hydrogen) atoms. The summed E-state index contributed by atoms with van der Waals surface area (Å²) in [5, 5.41) is 5.14. The number of rotatable bonds is 2. The third-order valence-electron chi connectivity index (χ3n) is 2.32. The Morgan fingerprint density at radius 2 is 1.81 bits per heavy atom. The molecule has 1 aromatic heterocycles. The fourth-order valence-electron chi connectivity index (χ4n) is 1.42. The van der Waals surface area contributed by atoms with Crippen LogP contribution in [0.4, 0.5) is 0 Å². The lowest BCUT2D eigenvalue weighted by molar-refractivity contribution is 0.373. The van der Waals surface area contributed by atoms with Gasteiger partial charge in [0.2, 0.25) is 0 Å². The molecule has 0 atom stereocenters. The third-order valence-corrected chi connectivity index (χ3v) is 2.95. The predicted molar refractivity (Wildman–Crippen MR) is 66.0 cm³/mol. The van der Waals surface area contributed by atoms with Crippen LogP contribution in [0.25, 0.3) is 11.3 Å². The van der Waals surface area contributed by atoms with E-state index in [1.54, 1.807) is 18.2 Å². The quantitative estimate of drug-likeness (QED) is 0.773. The van der Waals surface area contributed by atoms with Gasteiger partial charge in [0, 0.05) is 17.5 Å². The van der Waals surface area contributed by atoms with Gasteiger partial charge in [0.1, 0.15) is 11.5 Å². The Kier molecular flexibility index (Phi) is 3.22. The molecule has 0 amide bonds. The Hall–Kier alpha value is -0.990. The Morgan fingerprint density at radius 1 is 1.19 bits per heavy atom. The lowest BCUT2D eigenvalue weighted by Crippen LogP contribution is -1.82. The molecule has 1 aromatic carbocycles. The summed E-state index contributed by atoms with van der Waals surface area (Å²) in [5.74, 6) is 1.12. The van der Waals surface area contributed by atoms with Crippen molar-refractivity contribution in [1.82, 2.24) is 5.16 Å². The van der Waals surface area contributed by atoms with E-state index in [0.717, 1.165) is 11.3 Å². The summed E-state index contributed by atoms with van der Waals surface area (Å²) in [6.45, 7) is 4.08. The molecule has 0 fully saturated rings. The van der Waals surface area contributed by atoms with Crippen molar-refractivity contribution in [2.75, 3.05) is 0 Å². The van der Waals surface area contributed by atoms with Crippen LogP contribution < -0.4 is 0 Å². The van der Waals surface area contributed by atoms with Gasteiger partial charge in [-0.15, -0.1) is 0 Å². The first-order valence-electron chi connectivity index (χ1n) is 5.00. The van der Waals surface area contributed by atoms with Crippen LogP contribution in [0.1, 0.15) is 25.5 Å². The number of hydrogen-bond acceptors (Lipinski definition) is 2. The van der Waals surface area contributed by atoms with Crippen LogP contribution in [0.2, 0.25) is 10.0 Å². The molecule has 0 aliphatic heterocycles. The molecule has 2 aromatic rings. The van der Waals surface area contributed by atoms with Crippen LogP contribution in [0.3, 0.4) is 0 Å². The maximum absolute atomic E-state index is 6.09. The highest BCUT2D eigenvalue weighted by Crippen LogP contribution is 2.34. The smallest absolute Gasteiger partial charge is 0.139 e. The van der Waals surface area contributed by atoms with Gasteiger partial charge in [-0.2, -0.15) is 0 Å². The van der Waals surface area contributed by atoms with E-state index in [1.165, 1.54) is 0 Å². The van der Waals surface area contributed by atoms with Crippen molar-refractivity contribution in [3.63, 3.8) is 0 Å². The zero-order chi connectivity index (χ0) is 11.7. The van der Waals surface area contributed by atoms with Crippen molar-refractivity contribution >= 4 is 23.2 Å². The Morgan fingerprint density at radius 3 is 2.31 bits per heavy atom. The average molecular weight is 256 g/mol. The highest BCUT2D eigenvalue weighted by Gasteiger charge is 2.14. The van der Waals surface area contributed by atoms with Crippen LogP contribution in [0, 0.1) is 0 Å². The minimum Gasteiger partial charge on any atom is -0.361 e. The molecule has 0 N–H and O–H groups in total. The van der Waals surface area contributed by atoms with Gasteiger partial charge in [0.05, 0.1) is 10.0 Å². The number of hydrogen-bond donors (Lipinski definition) is 0. The first-order chi connectivity index (χ1) is 7.59. The first-order valence-corrected chi connectivity index (χ1v) is 5.76. The van der Waals surface area contributed by atoms with Crippen molar-refractivity contribution in [2.45, 2.75) is 19.8 Å². The minimum absolute atomic E-state index is 0.294. The monoisotopic (exact) mass is 255 g/mol. The number of halogens is 2. The fraction of sp³-hybridized carbons (Fsp3) is 0.250. The summed E-state index contributed by atoms with van der Waals surface area (Å²) in [4.78, 5) is 0. The summed E-state index contributed by atoms with van der Waals surface area (Å²) in [6, 6.07) is 7.24. The van der Waals surface area contributed by atoms with E-state index in [1.807, 2.05) is 19.9 Å². The highest BCUT2D eigenvalue weighted by atomic mass is 35.5. The Bertz CT molecular complexity index is 485. The van der Waals surface area contributed by atoms with Crippen LogP contribution in [0.5, 0.6) is 0 Å². The first kappa shape index (κ1) is 11.5. The van der Waals surface area contributed by atoms with Crippen LogP contribution in [-0.4, -0.2) is 5.16 Å². The standard InChI is InChI=1S/C12H11Cl2NO/c1-7(2)11-6-10(15-16-11)12-8(13)4-3-5-9(12)14/h3-7H,1-2H3. The molecular weight excluding hydrogens is 245 g/mol. The van der Waals surface area contributed by atoms with Gasteiger partial charge in [-0.05, 0) is 12.1 Å². The van der Waals surface area contributed by atoms with Crippen LogP contribution in [-0.2, 0) is 0 Å². The fourth-order valence-corrected chi connectivity index (χ4v) is 2.01. The normalized spacial score (nSPS) is 11.1. The van der Waals surface area contributed by atoms with Crippen LogP contribution >= 0.6 is 23.2 Å². The van der Waals surface area contributed by atoms with Gasteiger partial charge in [-0.25, -0.2) is 0 Å². The van der Waals surface area contributed by atoms with Crippen molar-refractivity contribution in [2.24, 2.45) is 0 Å². The molecular formula is C12H11Cl2NO. The lowest BCUT2D eigenvalue weighted by atomic mass is 10.1. The molecule has 1 heterocycles. The van der Waals surface area contributed by atoms with Crippen molar-refractivity contribution in [3.05, 3.63) is 40.1 Å². The Labute approximate surface area is 104 Å². The van der Waals surface area contributed by atoms with E-state index in [-0.39, 0.29) is 0 Å². The van der Waals surface area contributed by atoms with E-state index in [2.05, 4.69) is 5.16 Å². The topological polar surface area (TPSA) is 26.0 Å². The van der Waals surface area contributed by atoms with Gasteiger partial charge in [-0.3, -0.25) is 0 Å². The maximum atomic E-state index is 6.09. The van der Waals surface area contributed by atoms with Crippen LogP contribution in [0.15, 0.2) is 28.8 Å². The van der Waals surface area contributed by atoms with E-state index < -0.39 is 0 Å². The van der Waals surface area contributed by atoms with E-state index in [0.29, 0.717) is 21.7 Å². The third kappa shape index (κ3) is 2.08. The summed E-state index contributed by atoms with van der Waals surface area (Å²) >= 11 is 12.2. The molecule has 84 valence electrons. The van der Waals surface area contributed by atoms with Gasteiger partial charge in [-0.1, -0.05) is 48.3 Å². The van der Waals surface area contributed by atoms with E-state index >= 15 is 0 Å². The molecule has 0 aliphatic rings. The van der Waals surface area contributed by atoms with Gasteiger partial charge < -0.3 is 4.52 Å². The molecule has 0 aliphatic carbocycles. The van der Waals surface area contributed by atoms with Gasteiger partial charge >= 0.3 is 0 Å². The number of benzene rings is 1. The molecule has 0 unspecified atom stereocenters. The molecule has 0 saturated carbocycles. The maximum Gasteiger partial charge on any atom is 0.139 e. The Balaban J connectivity index is 2.50. The van der Waals surface area contributed by atoms with E-state index in [9.17, 15) is 0 Å². The largest absolute Gasteiger partial charge is 0.361 e. The summed E-state index contributed by atoms with van der Waals surface area (Å²) < 4.78 is 5.22. The average Bonchev–Trinajstić information content (AvgIpc) is 2.66. The zero-order valence-corrected chi connectivity index (χ0v) is 10.5. The molecule has 0 saturated heterocycles. The van der Waals surface area contributed by atoms with Gasteiger partial charge in [0.25, 0.3) is 0 Å². The van der Waals surface area contributed by atoms with Crippen molar-refractivity contribution in [1.29, 1.82) is 0 Å². The minimum atomic E-state index is 0.294. The second-order valence-electron chi connectivity index (χ2n) is 3.87. The predicted octanol–water partition coefficient (Wildman–Crippen LogP) is 4.77. The number of nitrogens with zero attached hydrogens (tertiary/aromatic N) is 1. The molecule has 2 rings (SSSR count). The second-order valence-corrected chi connectivity index (χ2v) is 4.68. The number of aromatic nitrogens is 1. The zero-order valence-electron chi connectivity index (χ0n) is 9.00. The molecule has 4 heteroatoms. The van der Waals surface area contributed by atoms with Crippen molar-refractivity contribution in [3.8, 4) is 11.3 Å². The molecule has 0 bridgehead atoms. The molecule has 0 spiro atoms.